The molecule has 1 spiro atoms. The molecular formula is C21H23ClN2O5S. The molecule has 0 bridgehead atoms. The summed E-state index contributed by atoms with van der Waals surface area (Å²) in [5.74, 6) is 0.436. The van der Waals surface area contributed by atoms with Crippen LogP contribution in [0.15, 0.2) is 53.4 Å². The quantitative estimate of drug-likeness (QED) is 0.715. The van der Waals surface area contributed by atoms with Crippen LogP contribution < -0.4 is 4.74 Å². The van der Waals surface area contributed by atoms with Crippen molar-refractivity contribution in [1.82, 2.24) is 9.21 Å². The van der Waals surface area contributed by atoms with Gasteiger partial charge in [0.1, 0.15) is 11.5 Å². The van der Waals surface area contributed by atoms with Crippen LogP contribution in [0.2, 0.25) is 5.02 Å². The molecular weight excluding hydrogens is 428 g/mol. The van der Waals surface area contributed by atoms with Crippen molar-refractivity contribution in [3.05, 3.63) is 59.1 Å². The van der Waals surface area contributed by atoms with E-state index in [0.717, 1.165) is 0 Å². The zero-order chi connectivity index (χ0) is 21.4. The van der Waals surface area contributed by atoms with E-state index in [0.29, 0.717) is 48.9 Å². The van der Waals surface area contributed by atoms with Crippen LogP contribution >= 0.6 is 11.6 Å². The Morgan fingerprint density at radius 2 is 1.73 bits per heavy atom. The molecule has 0 unspecified atom stereocenters. The predicted molar refractivity (Wildman–Crippen MR) is 112 cm³/mol. The van der Waals surface area contributed by atoms with E-state index in [1.54, 1.807) is 41.3 Å². The number of likely N-dealkylation sites (tertiary alicyclic amines) is 1. The van der Waals surface area contributed by atoms with Gasteiger partial charge in [0.2, 0.25) is 10.0 Å². The van der Waals surface area contributed by atoms with E-state index in [9.17, 15) is 13.2 Å². The number of benzene rings is 2. The second-order valence-electron chi connectivity index (χ2n) is 7.32. The molecule has 0 N–H and O–H groups in total. The van der Waals surface area contributed by atoms with Crippen molar-refractivity contribution >= 4 is 27.5 Å². The topological polar surface area (TPSA) is 76.2 Å². The zero-order valence-corrected chi connectivity index (χ0v) is 18.2. The summed E-state index contributed by atoms with van der Waals surface area (Å²) in [7, 11) is -2.21. The Labute approximate surface area is 181 Å². The Bertz CT molecular complexity index is 1030. The number of halogens is 1. The maximum Gasteiger partial charge on any atom is 0.255 e. The van der Waals surface area contributed by atoms with Crippen molar-refractivity contribution in [2.45, 2.75) is 23.5 Å². The van der Waals surface area contributed by atoms with Gasteiger partial charge in [0, 0.05) is 32.5 Å². The Balaban J connectivity index is 1.52. The van der Waals surface area contributed by atoms with Crippen molar-refractivity contribution < 1.29 is 22.7 Å². The number of carbonyl (C=O) groups excluding carboxylic acids is 1. The number of methoxy groups -OCH3 is 1. The SMILES string of the molecule is COc1ccc(S(=O)(=O)N2CCOC23CCN(C(=O)c2ccccc2Cl)CC3)cc1. The molecule has 0 radical (unpaired) electrons. The lowest BCUT2D eigenvalue weighted by atomic mass is 10.00. The summed E-state index contributed by atoms with van der Waals surface area (Å²) < 4.78 is 39.1. The summed E-state index contributed by atoms with van der Waals surface area (Å²) in [6, 6.07) is 13.3. The van der Waals surface area contributed by atoms with Gasteiger partial charge in [-0.2, -0.15) is 4.31 Å². The second-order valence-corrected chi connectivity index (χ2v) is 9.59. The maximum absolute atomic E-state index is 13.3. The van der Waals surface area contributed by atoms with Gasteiger partial charge in [0.05, 0.1) is 29.2 Å². The summed E-state index contributed by atoms with van der Waals surface area (Å²) in [4.78, 5) is 14.7. The number of nitrogens with zero attached hydrogens (tertiary/aromatic N) is 2. The predicted octanol–water partition coefficient (Wildman–Crippen LogP) is 3.00. The first kappa shape index (κ1) is 21.1. The number of ether oxygens (including phenoxy) is 2. The fraction of sp³-hybridized carbons (Fsp3) is 0.381. The van der Waals surface area contributed by atoms with Crippen LogP contribution in [0, 0.1) is 0 Å². The third-order valence-corrected chi connectivity index (χ3v) is 8.00. The van der Waals surface area contributed by atoms with Crippen LogP contribution in [-0.4, -0.2) is 62.6 Å². The third kappa shape index (κ3) is 3.69. The molecule has 0 aliphatic carbocycles. The van der Waals surface area contributed by atoms with Crippen molar-refractivity contribution in [2.24, 2.45) is 0 Å². The van der Waals surface area contributed by atoms with Gasteiger partial charge in [0.25, 0.3) is 5.91 Å². The van der Waals surface area contributed by atoms with Crippen molar-refractivity contribution in [2.75, 3.05) is 33.4 Å². The minimum Gasteiger partial charge on any atom is -0.497 e. The van der Waals surface area contributed by atoms with Crippen LogP contribution in [0.1, 0.15) is 23.2 Å². The van der Waals surface area contributed by atoms with Gasteiger partial charge in [-0.3, -0.25) is 4.79 Å². The smallest absolute Gasteiger partial charge is 0.255 e. The normalized spacial score (nSPS) is 19.2. The molecule has 2 fully saturated rings. The Hall–Kier alpha value is -2.13. The number of amides is 1. The van der Waals surface area contributed by atoms with Crippen LogP contribution in [0.5, 0.6) is 5.75 Å². The molecule has 0 atom stereocenters. The average Bonchev–Trinajstić information content (AvgIpc) is 3.18. The van der Waals surface area contributed by atoms with E-state index in [4.69, 9.17) is 21.1 Å². The van der Waals surface area contributed by atoms with Gasteiger partial charge < -0.3 is 14.4 Å². The summed E-state index contributed by atoms with van der Waals surface area (Å²) in [6.45, 7) is 1.39. The van der Waals surface area contributed by atoms with E-state index in [2.05, 4.69) is 0 Å². The first-order valence-electron chi connectivity index (χ1n) is 9.72. The third-order valence-electron chi connectivity index (χ3n) is 5.70. The van der Waals surface area contributed by atoms with Crippen LogP contribution in [0.25, 0.3) is 0 Å². The first-order chi connectivity index (χ1) is 14.4. The molecule has 2 saturated heterocycles. The average molecular weight is 451 g/mol. The standard InChI is InChI=1S/C21H23ClN2O5S/c1-28-16-6-8-17(9-7-16)30(26,27)24-14-15-29-21(24)10-12-23(13-11-21)20(25)18-4-2-3-5-19(18)22/h2-9H,10-15H2,1H3. The fourth-order valence-corrected chi connectivity index (χ4v) is 6.01. The fourth-order valence-electron chi connectivity index (χ4n) is 4.07. The van der Waals surface area contributed by atoms with Crippen LogP contribution in [0.3, 0.4) is 0 Å². The molecule has 2 aromatic carbocycles. The molecule has 0 aromatic heterocycles. The second kappa shape index (κ2) is 8.19. The molecule has 1 amide bonds. The molecule has 2 aliphatic heterocycles. The Kier molecular flexibility index (Phi) is 5.76. The van der Waals surface area contributed by atoms with Crippen LogP contribution in [-0.2, 0) is 14.8 Å². The van der Waals surface area contributed by atoms with Gasteiger partial charge in [0.15, 0.2) is 0 Å². The van der Waals surface area contributed by atoms with Gasteiger partial charge >= 0.3 is 0 Å². The van der Waals surface area contributed by atoms with E-state index in [1.807, 2.05) is 0 Å². The highest BCUT2D eigenvalue weighted by Gasteiger charge is 2.51. The lowest BCUT2D eigenvalue weighted by Crippen LogP contribution is -2.55. The molecule has 4 rings (SSSR count). The minimum atomic E-state index is -3.74. The largest absolute Gasteiger partial charge is 0.497 e. The van der Waals surface area contributed by atoms with Crippen molar-refractivity contribution in [1.29, 1.82) is 0 Å². The first-order valence-corrected chi connectivity index (χ1v) is 11.5. The Morgan fingerprint density at radius 1 is 1.07 bits per heavy atom. The summed E-state index contributed by atoms with van der Waals surface area (Å²) >= 11 is 6.16. The molecule has 30 heavy (non-hydrogen) atoms. The highest BCUT2D eigenvalue weighted by molar-refractivity contribution is 7.89. The molecule has 2 aliphatic rings. The number of hydrogen-bond donors (Lipinski definition) is 0. The van der Waals surface area contributed by atoms with Crippen LogP contribution in [0.4, 0.5) is 0 Å². The van der Waals surface area contributed by atoms with E-state index >= 15 is 0 Å². The summed E-state index contributed by atoms with van der Waals surface area (Å²) in [5, 5.41) is 0.406. The zero-order valence-electron chi connectivity index (χ0n) is 16.6. The summed E-state index contributed by atoms with van der Waals surface area (Å²) in [5.41, 5.74) is -0.485. The van der Waals surface area contributed by atoms with Crippen molar-refractivity contribution in [3.63, 3.8) is 0 Å². The number of hydrogen-bond acceptors (Lipinski definition) is 5. The Morgan fingerprint density at radius 3 is 2.37 bits per heavy atom. The van der Waals surface area contributed by atoms with E-state index in [1.165, 1.54) is 23.5 Å². The number of carbonyl (C=O) groups is 1. The molecule has 2 aromatic rings. The molecule has 0 saturated carbocycles. The van der Waals surface area contributed by atoms with Gasteiger partial charge in [-0.15, -0.1) is 0 Å². The minimum absolute atomic E-state index is 0.155. The van der Waals surface area contributed by atoms with E-state index < -0.39 is 15.7 Å². The van der Waals surface area contributed by atoms with Gasteiger partial charge in [-0.1, -0.05) is 23.7 Å². The lowest BCUT2D eigenvalue weighted by molar-refractivity contribution is -0.0857. The number of rotatable bonds is 4. The molecule has 7 nitrogen and oxygen atoms in total. The molecule has 2 heterocycles. The number of sulfonamides is 1. The lowest BCUT2D eigenvalue weighted by Gasteiger charge is -2.42. The van der Waals surface area contributed by atoms with Gasteiger partial charge in [-0.25, -0.2) is 8.42 Å². The van der Waals surface area contributed by atoms with Gasteiger partial charge in [-0.05, 0) is 36.4 Å². The number of piperidine rings is 1. The van der Waals surface area contributed by atoms with E-state index in [-0.39, 0.29) is 17.3 Å². The maximum atomic E-state index is 13.3. The monoisotopic (exact) mass is 450 g/mol. The molecule has 160 valence electrons. The highest BCUT2D eigenvalue weighted by atomic mass is 35.5. The van der Waals surface area contributed by atoms with Crippen molar-refractivity contribution in [3.8, 4) is 5.75 Å². The highest BCUT2D eigenvalue weighted by Crippen LogP contribution is 2.39. The molecule has 9 heteroatoms. The summed E-state index contributed by atoms with van der Waals surface area (Å²) in [6.07, 6.45) is 0.803.